The molecule has 4 nitrogen and oxygen atoms in total. The third-order valence-electron chi connectivity index (χ3n) is 4.42. The zero-order valence-electron chi connectivity index (χ0n) is 13.3. The Morgan fingerprint density at radius 3 is 2.86 bits per heavy atom. The third-order valence-corrected chi connectivity index (χ3v) is 4.42. The van der Waals surface area contributed by atoms with Crippen LogP contribution in [-0.2, 0) is 17.6 Å². The number of benzene rings is 1. The Bertz CT molecular complexity index is 679. The van der Waals surface area contributed by atoms with E-state index < -0.39 is 0 Å². The lowest BCUT2D eigenvalue weighted by Gasteiger charge is -2.28. The maximum atomic E-state index is 12.1. The smallest absolute Gasteiger partial charge is 0.340 e. The summed E-state index contributed by atoms with van der Waals surface area (Å²) in [6.07, 6.45) is 3.23. The Balaban J connectivity index is 0.00000176. The number of para-hydroxylation sites is 1. The number of hydrogen-bond donors (Lipinski definition) is 1. The van der Waals surface area contributed by atoms with Crippen molar-refractivity contribution in [1.82, 2.24) is 9.88 Å². The molecule has 0 amide bonds. The maximum Gasteiger partial charge on any atom is 0.340 e. The van der Waals surface area contributed by atoms with E-state index in [4.69, 9.17) is 4.74 Å². The fourth-order valence-corrected chi connectivity index (χ4v) is 3.24. The van der Waals surface area contributed by atoms with Crippen molar-refractivity contribution in [1.29, 1.82) is 0 Å². The quantitative estimate of drug-likeness (QED) is 0.883. The van der Waals surface area contributed by atoms with Crippen LogP contribution in [0.5, 0.6) is 0 Å². The van der Waals surface area contributed by atoms with Crippen molar-refractivity contribution in [3.8, 4) is 0 Å². The SMILES string of the molecule is CCOC(=O)c1cccc2c3c([nH]c12)CCC(N(C)C)C3.Cl. The van der Waals surface area contributed by atoms with Crippen LogP contribution in [0.15, 0.2) is 18.2 Å². The van der Waals surface area contributed by atoms with E-state index in [0.717, 1.165) is 24.8 Å². The molecule has 22 heavy (non-hydrogen) atoms. The molecule has 0 radical (unpaired) electrons. The zero-order chi connectivity index (χ0) is 15.0. The molecule has 1 unspecified atom stereocenters. The number of halogens is 1. The summed E-state index contributed by atoms with van der Waals surface area (Å²) in [5.74, 6) is -0.245. The Kier molecular flexibility index (Phi) is 5.14. The average molecular weight is 323 g/mol. The normalized spacial score (nSPS) is 17.2. The molecular formula is C17H23ClN2O2. The number of hydrogen-bond acceptors (Lipinski definition) is 3. The first-order valence-corrected chi connectivity index (χ1v) is 7.57. The predicted octanol–water partition coefficient (Wildman–Crippen LogP) is 3.19. The fourth-order valence-electron chi connectivity index (χ4n) is 3.24. The molecule has 0 saturated carbocycles. The van der Waals surface area contributed by atoms with Gasteiger partial charge in [-0.05, 0) is 51.9 Å². The van der Waals surface area contributed by atoms with Crippen LogP contribution in [0, 0.1) is 0 Å². The van der Waals surface area contributed by atoms with Crippen LogP contribution >= 0.6 is 12.4 Å². The van der Waals surface area contributed by atoms with Crippen molar-refractivity contribution in [3.63, 3.8) is 0 Å². The summed E-state index contributed by atoms with van der Waals surface area (Å²) in [6, 6.07) is 6.46. The number of carbonyl (C=O) groups is 1. The van der Waals surface area contributed by atoms with Crippen molar-refractivity contribution >= 4 is 29.3 Å². The number of fused-ring (bicyclic) bond motifs is 3. The fraction of sp³-hybridized carbons (Fsp3) is 0.471. The summed E-state index contributed by atoms with van der Waals surface area (Å²) in [6.45, 7) is 2.23. The van der Waals surface area contributed by atoms with Crippen LogP contribution < -0.4 is 0 Å². The molecule has 1 heterocycles. The van der Waals surface area contributed by atoms with Gasteiger partial charge in [-0.1, -0.05) is 12.1 Å². The van der Waals surface area contributed by atoms with Crippen LogP contribution in [0.1, 0.15) is 35.0 Å². The van der Waals surface area contributed by atoms with Crippen LogP contribution in [0.2, 0.25) is 0 Å². The molecular weight excluding hydrogens is 300 g/mol. The molecule has 1 aromatic heterocycles. The number of likely N-dealkylation sites (N-methyl/N-ethyl adjacent to an activating group) is 1. The monoisotopic (exact) mass is 322 g/mol. The Hall–Kier alpha value is -1.52. The van der Waals surface area contributed by atoms with E-state index in [2.05, 4.69) is 30.0 Å². The number of aromatic nitrogens is 1. The number of nitrogens with one attached hydrogen (secondary N) is 1. The zero-order valence-corrected chi connectivity index (χ0v) is 14.1. The van der Waals surface area contributed by atoms with Gasteiger partial charge in [0, 0.05) is 17.1 Å². The van der Waals surface area contributed by atoms with Crippen LogP contribution in [0.4, 0.5) is 0 Å². The van der Waals surface area contributed by atoms with Gasteiger partial charge in [-0.15, -0.1) is 12.4 Å². The van der Waals surface area contributed by atoms with Crippen molar-refractivity contribution < 1.29 is 9.53 Å². The van der Waals surface area contributed by atoms with Crippen molar-refractivity contribution in [2.45, 2.75) is 32.2 Å². The molecule has 3 rings (SSSR count). The second kappa shape index (κ2) is 6.71. The lowest BCUT2D eigenvalue weighted by Crippen LogP contribution is -2.33. The maximum absolute atomic E-state index is 12.1. The first-order valence-electron chi connectivity index (χ1n) is 7.57. The number of esters is 1. The summed E-state index contributed by atoms with van der Waals surface area (Å²) in [5, 5.41) is 1.17. The van der Waals surface area contributed by atoms with Crippen molar-refractivity contribution in [3.05, 3.63) is 35.0 Å². The van der Waals surface area contributed by atoms with Gasteiger partial charge in [-0.2, -0.15) is 0 Å². The van der Waals surface area contributed by atoms with Crippen LogP contribution in [0.3, 0.4) is 0 Å². The molecule has 1 N–H and O–H groups in total. The molecule has 1 aliphatic rings. The van der Waals surface area contributed by atoms with E-state index in [-0.39, 0.29) is 18.4 Å². The van der Waals surface area contributed by atoms with Gasteiger partial charge in [0.25, 0.3) is 0 Å². The number of ether oxygens (including phenoxy) is 1. The Labute approximate surface area is 137 Å². The largest absolute Gasteiger partial charge is 0.462 e. The lowest BCUT2D eigenvalue weighted by molar-refractivity contribution is 0.0528. The minimum atomic E-state index is -0.245. The van der Waals surface area contributed by atoms with E-state index in [1.807, 2.05) is 19.1 Å². The van der Waals surface area contributed by atoms with Gasteiger partial charge in [0.2, 0.25) is 0 Å². The van der Waals surface area contributed by atoms with Gasteiger partial charge in [0.15, 0.2) is 0 Å². The lowest BCUT2D eigenvalue weighted by atomic mass is 9.90. The summed E-state index contributed by atoms with van der Waals surface area (Å²) < 4.78 is 5.16. The highest BCUT2D eigenvalue weighted by Gasteiger charge is 2.25. The van der Waals surface area contributed by atoms with Crippen LogP contribution in [-0.4, -0.2) is 42.6 Å². The van der Waals surface area contributed by atoms with Gasteiger partial charge >= 0.3 is 5.97 Å². The molecule has 0 aliphatic heterocycles. The molecule has 0 bridgehead atoms. The first kappa shape index (κ1) is 16.8. The van der Waals surface area contributed by atoms with E-state index in [1.54, 1.807) is 0 Å². The Morgan fingerprint density at radius 1 is 1.41 bits per heavy atom. The van der Waals surface area contributed by atoms with E-state index in [9.17, 15) is 4.79 Å². The molecule has 0 spiro atoms. The second-order valence-corrected chi connectivity index (χ2v) is 5.89. The van der Waals surface area contributed by atoms with Gasteiger partial charge in [0.1, 0.15) is 0 Å². The number of rotatable bonds is 3. The number of aryl methyl sites for hydroxylation is 1. The number of H-pyrrole nitrogens is 1. The molecule has 0 saturated heterocycles. The summed E-state index contributed by atoms with van der Waals surface area (Å²) >= 11 is 0. The Morgan fingerprint density at radius 2 is 2.18 bits per heavy atom. The predicted molar refractivity (Wildman–Crippen MR) is 91.0 cm³/mol. The van der Waals surface area contributed by atoms with Crippen molar-refractivity contribution in [2.75, 3.05) is 20.7 Å². The highest BCUT2D eigenvalue weighted by Crippen LogP contribution is 2.32. The molecule has 2 aromatic rings. The van der Waals surface area contributed by atoms with Gasteiger partial charge < -0.3 is 14.6 Å². The molecule has 0 fully saturated rings. The van der Waals surface area contributed by atoms with Gasteiger partial charge in [-0.25, -0.2) is 4.79 Å². The topological polar surface area (TPSA) is 45.3 Å². The third kappa shape index (κ3) is 2.85. The minimum Gasteiger partial charge on any atom is -0.462 e. The highest BCUT2D eigenvalue weighted by atomic mass is 35.5. The molecule has 1 atom stereocenters. The van der Waals surface area contributed by atoms with Gasteiger partial charge in [0.05, 0.1) is 17.7 Å². The van der Waals surface area contributed by atoms with Crippen molar-refractivity contribution in [2.24, 2.45) is 0 Å². The summed E-state index contributed by atoms with van der Waals surface area (Å²) in [7, 11) is 4.27. The highest BCUT2D eigenvalue weighted by molar-refractivity contribution is 6.04. The summed E-state index contributed by atoms with van der Waals surface area (Å²) in [5.41, 5.74) is 4.21. The molecule has 1 aliphatic carbocycles. The number of aromatic amines is 1. The number of nitrogens with zero attached hydrogens (tertiary/aromatic N) is 1. The molecule has 1 aromatic carbocycles. The van der Waals surface area contributed by atoms with E-state index >= 15 is 0 Å². The number of carbonyl (C=O) groups excluding carboxylic acids is 1. The molecule has 120 valence electrons. The molecule has 5 heteroatoms. The van der Waals surface area contributed by atoms with Crippen LogP contribution in [0.25, 0.3) is 10.9 Å². The van der Waals surface area contributed by atoms with Gasteiger partial charge in [-0.3, -0.25) is 0 Å². The minimum absolute atomic E-state index is 0. The average Bonchev–Trinajstić information content (AvgIpc) is 2.84. The van der Waals surface area contributed by atoms with E-state index in [1.165, 1.54) is 16.6 Å². The second-order valence-electron chi connectivity index (χ2n) is 5.89. The standard InChI is InChI=1S/C17H22N2O2.ClH/c1-4-21-17(20)13-7-5-6-12-14-10-11(19(2)3)8-9-15(14)18-16(12)13;/h5-7,11,18H,4,8-10H2,1-3H3;1H. The van der Waals surface area contributed by atoms with E-state index in [0.29, 0.717) is 18.2 Å². The summed E-state index contributed by atoms with van der Waals surface area (Å²) in [4.78, 5) is 17.8. The first-order chi connectivity index (χ1) is 10.1.